The third kappa shape index (κ3) is 4.58. The van der Waals surface area contributed by atoms with Crippen molar-refractivity contribution in [1.82, 2.24) is 24.5 Å². The van der Waals surface area contributed by atoms with Gasteiger partial charge in [0.05, 0.1) is 11.9 Å². The molecule has 6 rings (SSSR count). The third-order valence-corrected chi connectivity index (χ3v) is 6.30. The lowest BCUT2D eigenvalue weighted by atomic mass is 10.1. The molecule has 0 spiro atoms. The number of piperazine rings is 1. The summed E-state index contributed by atoms with van der Waals surface area (Å²) in [6.07, 6.45) is 5.57. The SMILES string of the molecule is c1ccc(Oc2ccccc2-c2cc(N3CCN(Cc4cccnc4)CC3)n3nccc3n2)cc1. The number of benzene rings is 2. The number of rotatable bonds is 6. The molecule has 0 N–H and O–H groups in total. The average molecular weight is 463 g/mol. The highest BCUT2D eigenvalue weighted by Crippen LogP contribution is 2.34. The maximum atomic E-state index is 6.23. The van der Waals surface area contributed by atoms with Gasteiger partial charge in [0, 0.05) is 62.8 Å². The first kappa shape index (κ1) is 21.3. The topological polar surface area (TPSA) is 58.8 Å². The Hall–Kier alpha value is -4.23. The molecule has 7 nitrogen and oxygen atoms in total. The van der Waals surface area contributed by atoms with Crippen LogP contribution in [0.2, 0.25) is 0 Å². The van der Waals surface area contributed by atoms with Gasteiger partial charge >= 0.3 is 0 Å². The largest absolute Gasteiger partial charge is 0.457 e. The lowest BCUT2D eigenvalue weighted by molar-refractivity contribution is 0.248. The number of pyridine rings is 1. The Kier molecular flexibility index (Phi) is 5.82. The summed E-state index contributed by atoms with van der Waals surface area (Å²) in [5.41, 5.74) is 3.90. The van der Waals surface area contributed by atoms with Crippen molar-refractivity contribution >= 4 is 11.5 Å². The van der Waals surface area contributed by atoms with Crippen LogP contribution in [-0.4, -0.2) is 50.7 Å². The normalized spacial score (nSPS) is 14.3. The highest BCUT2D eigenvalue weighted by molar-refractivity contribution is 5.72. The van der Waals surface area contributed by atoms with Crippen molar-refractivity contribution in [1.29, 1.82) is 0 Å². The summed E-state index contributed by atoms with van der Waals surface area (Å²) in [6, 6.07) is 26.1. The van der Waals surface area contributed by atoms with Crippen LogP contribution >= 0.6 is 0 Å². The summed E-state index contributed by atoms with van der Waals surface area (Å²) in [5, 5.41) is 4.56. The van der Waals surface area contributed by atoms with Crippen LogP contribution in [0.4, 0.5) is 5.82 Å². The number of hydrogen-bond donors (Lipinski definition) is 0. The van der Waals surface area contributed by atoms with Crippen molar-refractivity contribution in [2.75, 3.05) is 31.1 Å². The zero-order valence-electron chi connectivity index (χ0n) is 19.4. The molecule has 35 heavy (non-hydrogen) atoms. The number of para-hydroxylation sites is 2. The second kappa shape index (κ2) is 9.56. The fraction of sp³-hybridized carbons (Fsp3) is 0.179. The van der Waals surface area contributed by atoms with Gasteiger partial charge in [0.15, 0.2) is 5.65 Å². The van der Waals surface area contributed by atoms with Crippen LogP contribution in [0.3, 0.4) is 0 Å². The maximum Gasteiger partial charge on any atom is 0.157 e. The molecule has 0 aliphatic carbocycles. The van der Waals surface area contributed by atoms with E-state index in [0.29, 0.717) is 0 Å². The molecule has 5 aromatic rings. The van der Waals surface area contributed by atoms with E-state index in [2.05, 4.69) is 38.1 Å². The van der Waals surface area contributed by atoms with Gasteiger partial charge in [0.25, 0.3) is 0 Å². The zero-order chi connectivity index (χ0) is 23.5. The van der Waals surface area contributed by atoms with Crippen LogP contribution in [0.25, 0.3) is 16.9 Å². The van der Waals surface area contributed by atoms with Crippen molar-refractivity contribution in [3.05, 3.63) is 103 Å². The van der Waals surface area contributed by atoms with E-state index >= 15 is 0 Å². The minimum absolute atomic E-state index is 0.780. The van der Waals surface area contributed by atoms with Crippen molar-refractivity contribution in [3.8, 4) is 22.8 Å². The van der Waals surface area contributed by atoms with Crippen molar-refractivity contribution in [2.24, 2.45) is 0 Å². The van der Waals surface area contributed by atoms with Crippen LogP contribution in [-0.2, 0) is 6.54 Å². The van der Waals surface area contributed by atoms with Gasteiger partial charge in [-0.2, -0.15) is 9.61 Å². The van der Waals surface area contributed by atoms with Gasteiger partial charge in [0.2, 0.25) is 0 Å². The van der Waals surface area contributed by atoms with Crippen molar-refractivity contribution in [3.63, 3.8) is 0 Å². The number of nitrogens with zero attached hydrogens (tertiary/aromatic N) is 6. The smallest absolute Gasteiger partial charge is 0.157 e. The minimum atomic E-state index is 0.780. The fourth-order valence-electron chi connectivity index (χ4n) is 4.53. The van der Waals surface area contributed by atoms with E-state index < -0.39 is 0 Å². The van der Waals surface area contributed by atoms with Crippen molar-refractivity contribution < 1.29 is 4.74 Å². The Bertz CT molecular complexity index is 1410. The first-order chi connectivity index (χ1) is 17.3. The average Bonchev–Trinajstić information content (AvgIpc) is 3.39. The molecule has 0 bridgehead atoms. The van der Waals surface area contributed by atoms with Gasteiger partial charge in [-0.3, -0.25) is 9.88 Å². The molecular weight excluding hydrogens is 436 g/mol. The number of fused-ring (bicyclic) bond motifs is 1. The summed E-state index contributed by atoms with van der Waals surface area (Å²) in [6.45, 7) is 4.71. The molecule has 0 saturated carbocycles. The lowest BCUT2D eigenvalue weighted by Gasteiger charge is -2.36. The van der Waals surface area contributed by atoms with Crippen LogP contribution in [0.15, 0.2) is 97.5 Å². The van der Waals surface area contributed by atoms with Gasteiger partial charge in [-0.25, -0.2) is 4.98 Å². The molecule has 0 radical (unpaired) electrons. The molecule has 2 aromatic carbocycles. The Labute approximate surface area is 204 Å². The molecule has 1 aliphatic rings. The van der Waals surface area contributed by atoms with E-state index in [9.17, 15) is 0 Å². The molecule has 4 heterocycles. The van der Waals surface area contributed by atoms with Gasteiger partial charge in [-0.15, -0.1) is 0 Å². The Morgan fingerprint density at radius 2 is 1.63 bits per heavy atom. The van der Waals surface area contributed by atoms with Crippen LogP contribution in [0.1, 0.15) is 5.56 Å². The molecule has 0 amide bonds. The monoisotopic (exact) mass is 462 g/mol. The number of ether oxygens (including phenoxy) is 1. The van der Waals surface area contributed by atoms with E-state index in [-0.39, 0.29) is 0 Å². The molecule has 1 fully saturated rings. The van der Waals surface area contributed by atoms with Crippen LogP contribution in [0, 0.1) is 0 Å². The third-order valence-electron chi connectivity index (χ3n) is 6.30. The fourth-order valence-corrected chi connectivity index (χ4v) is 4.53. The summed E-state index contributed by atoms with van der Waals surface area (Å²) < 4.78 is 8.16. The van der Waals surface area contributed by atoms with Crippen molar-refractivity contribution in [2.45, 2.75) is 6.54 Å². The first-order valence-corrected chi connectivity index (χ1v) is 11.9. The minimum Gasteiger partial charge on any atom is -0.457 e. The standard InChI is InChI=1S/C28H26N6O/c1-2-8-23(9-3-1)35-26-11-5-4-10-24(26)25-19-28(34-27(31-25)12-14-30-34)33-17-15-32(16-18-33)21-22-7-6-13-29-20-22/h1-14,19-20H,15-18,21H2. The maximum absolute atomic E-state index is 6.23. The lowest BCUT2D eigenvalue weighted by Crippen LogP contribution is -2.46. The molecule has 1 saturated heterocycles. The molecule has 1 aliphatic heterocycles. The van der Waals surface area contributed by atoms with E-state index in [1.165, 1.54) is 5.56 Å². The quantitative estimate of drug-likeness (QED) is 0.358. The molecule has 7 heteroatoms. The summed E-state index contributed by atoms with van der Waals surface area (Å²) >= 11 is 0. The van der Waals surface area contributed by atoms with Crippen LogP contribution in [0.5, 0.6) is 11.5 Å². The van der Waals surface area contributed by atoms with E-state index in [4.69, 9.17) is 9.72 Å². The summed E-state index contributed by atoms with van der Waals surface area (Å²) in [7, 11) is 0. The second-order valence-corrected chi connectivity index (χ2v) is 8.64. The van der Waals surface area contributed by atoms with Crippen LogP contribution < -0.4 is 9.64 Å². The predicted octanol–water partition coefficient (Wildman–Crippen LogP) is 4.91. The molecule has 3 aromatic heterocycles. The second-order valence-electron chi connectivity index (χ2n) is 8.64. The Morgan fingerprint density at radius 3 is 2.46 bits per heavy atom. The number of aromatic nitrogens is 4. The summed E-state index contributed by atoms with van der Waals surface area (Å²) in [5.74, 6) is 2.63. The van der Waals surface area contributed by atoms with E-state index in [1.54, 1.807) is 6.20 Å². The number of anilines is 1. The zero-order valence-corrected chi connectivity index (χ0v) is 19.4. The number of hydrogen-bond acceptors (Lipinski definition) is 6. The highest BCUT2D eigenvalue weighted by Gasteiger charge is 2.21. The van der Waals surface area contributed by atoms with Gasteiger partial charge in [-0.1, -0.05) is 36.4 Å². The van der Waals surface area contributed by atoms with E-state index in [1.807, 2.05) is 77.6 Å². The molecular formula is C28H26N6O. The summed E-state index contributed by atoms with van der Waals surface area (Å²) in [4.78, 5) is 14.0. The molecule has 174 valence electrons. The van der Waals surface area contributed by atoms with Gasteiger partial charge < -0.3 is 9.64 Å². The van der Waals surface area contributed by atoms with Gasteiger partial charge in [0.1, 0.15) is 17.3 Å². The first-order valence-electron chi connectivity index (χ1n) is 11.9. The Balaban J connectivity index is 1.28. The molecule has 0 unspecified atom stereocenters. The predicted molar refractivity (Wildman–Crippen MR) is 137 cm³/mol. The van der Waals surface area contributed by atoms with Gasteiger partial charge in [-0.05, 0) is 35.9 Å². The van der Waals surface area contributed by atoms with E-state index in [0.717, 1.165) is 66.9 Å². The highest BCUT2D eigenvalue weighted by atomic mass is 16.5. The Morgan fingerprint density at radius 1 is 0.800 bits per heavy atom. The molecule has 0 atom stereocenters.